The van der Waals surface area contributed by atoms with E-state index in [0.717, 1.165) is 24.0 Å². The van der Waals surface area contributed by atoms with Gasteiger partial charge in [-0.25, -0.2) is 10.8 Å². The average Bonchev–Trinajstić information content (AvgIpc) is 3.01. The van der Waals surface area contributed by atoms with Crippen LogP contribution >= 0.6 is 0 Å². The van der Waals surface area contributed by atoms with Gasteiger partial charge in [0.25, 0.3) is 0 Å². The van der Waals surface area contributed by atoms with E-state index >= 15 is 0 Å². The average molecular weight is 207 g/mol. The third kappa shape index (κ3) is 3.06. The highest BCUT2D eigenvalue weighted by Crippen LogP contribution is 2.32. The van der Waals surface area contributed by atoms with Crippen LogP contribution in [0.4, 0.5) is 11.8 Å². The van der Waals surface area contributed by atoms with Crippen molar-refractivity contribution in [3.8, 4) is 0 Å². The number of hydrogen-bond donors (Lipinski definition) is 3. The van der Waals surface area contributed by atoms with Crippen molar-refractivity contribution in [2.75, 3.05) is 17.3 Å². The second-order valence-corrected chi connectivity index (χ2v) is 4.02. The van der Waals surface area contributed by atoms with E-state index in [0.29, 0.717) is 5.95 Å². The fourth-order valence-electron chi connectivity index (χ4n) is 1.53. The molecule has 0 unspecified atom stereocenters. The summed E-state index contributed by atoms with van der Waals surface area (Å²) in [6, 6.07) is 1.92. The zero-order valence-corrected chi connectivity index (χ0v) is 8.95. The van der Waals surface area contributed by atoms with Gasteiger partial charge in [0, 0.05) is 18.3 Å². The molecule has 0 saturated heterocycles. The van der Waals surface area contributed by atoms with Crippen LogP contribution in [0.3, 0.4) is 0 Å². The Labute approximate surface area is 89.5 Å². The van der Waals surface area contributed by atoms with Gasteiger partial charge in [-0.05, 0) is 19.3 Å². The highest BCUT2D eigenvalue weighted by Gasteiger charge is 2.20. The molecule has 0 aliphatic heterocycles. The molecule has 1 fully saturated rings. The summed E-state index contributed by atoms with van der Waals surface area (Å²) >= 11 is 0. The first-order chi connectivity index (χ1) is 7.28. The second kappa shape index (κ2) is 4.44. The first-order valence-corrected chi connectivity index (χ1v) is 5.34. The van der Waals surface area contributed by atoms with E-state index in [2.05, 4.69) is 20.7 Å². The molecule has 1 aliphatic carbocycles. The first-order valence-electron chi connectivity index (χ1n) is 5.34. The molecule has 82 valence electrons. The molecule has 5 heteroatoms. The van der Waals surface area contributed by atoms with Crippen LogP contribution in [-0.4, -0.2) is 16.5 Å². The summed E-state index contributed by atoms with van der Waals surface area (Å²) in [7, 11) is 0. The Morgan fingerprint density at radius 2 is 2.27 bits per heavy atom. The number of aromatic nitrogens is 2. The van der Waals surface area contributed by atoms with Crippen molar-refractivity contribution in [1.29, 1.82) is 0 Å². The molecule has 1 aromatic rings. The fourth-order valence-corrected chi connectivity index (χ4v) is 1.53. The molecule has 1 aliphatic rings. The summed E-state index contributed by atoms with van der Waals surface area (Å²) < 4.78 is 0. The van der Waals surface area contributed by atoms with Gasteiger partial charge in [-0.2, -0.15) is 4.98 Å². The maximum absolute atomic E-state index is 5.27. The van der Waals surface area contributed by atoms with Gasteiger partial charge < -0.3 is 5.32 Å². The summed E-state index contributed by atoms with van der Waals surface area (Å²) in [5.74, 6) is 7.51. The zero-order valence-electron chi connectivity index (χ0n) is 8.95. The molecule has 0 bridgehead atoms. The molecule has 0 radical (unpaired) electrons. The normalized spacial score (nSPS) is 15.1. The first kappa shape index (κ1) is 10.2. The predicted molar refractivity (Wildman–Crippen MR) is 60.4 cm³/mol. The molecule has 0 aromatic carbocycles. The Morgan fingerprint density at radius 3 is 2.93 bits per heavy atom. The van der Waals surface area contributed by atoms with Crippen molar-refractivity contribution in [2.45, 2.75) is 26.2 Å². The Hall–Kier alpha value is -1.36. The molecule has 0 atom stereocenters. The molecular weight excluding hydrogens is 190 g/mol. The maximum atomic E-state index is 5.27. The number of hydrazine groups is 1. The fraction of sp³-hybridized carbons (Fsp3) is 0.600. The molecule has 1 heterocycles. The third-order valence-corrected chi connectivity index (χ3v) is 2.54. The highest BCUT2D eigenvalue weighted by atomic mass is 15.3. The van der Waals surface area contributed by atoms with Crippen LogP contribution in [0.25, 0.3) is 0 Å². The molecule has 0 spiro atoms. The molecule has 5 nitrogen and oxygen atoms in total. The lowest BCUT2D eigenvalue weighted by atomic mass is 10.3. The summed E-state index contributed by atoms with van der Waals surface area (Å²) in [5.41, 5.74) is 3.37. The maximum Gasteiger partial charge on any atom is 0.239 e. The summed E-state index contributed by atoms with van der Waals surface area (Å²) in [6.45, 7) is 2.90. The molecule has 4 N–H and O–H groups in total. The Morgan fingerprint density at radius 1 is 1.47 bits per heavy atom. The predicted octanol–water partition coefficient (Wildman–Crippen LogP) is 1.28. The minimum absolute atomic E-state index is 0.462. The van der Waals surface area contributed by atoms with Gasteiger partial charge in [-0.15, -0.1) is 0 Å². The molecule has 2 rings (SSSR count). The van der Waals surface area contributed by atoms with Crippen LogP contribution in [0.15, 0.2) is 6.07 Å². The lowest BCUT2D eigenvalue weighted by Gasteiger charge is -2.07. The minimum atomic E-state index is 0.462. The van der Waals surface area contributed by atoms with Gasteiger partial charge in [0.2, 0.25) is 5.95 Å². The largest absolute Gasteiger partial charge is 0.370 e. The minimum Gasteiger partial charge on any atom is -0.370 e. The topological polar surface area (TPSA) is 75.9 Å². The van der Waals surface area contributed by atoms with Gasteiger partial charge in [-0.1, -0.05) is 12.8 Å². The number of rotatable bonds is 5. The summed E-state index contributed by atoms with van der Waals surface area (Å²) in [5, 5.41) is 3.28. The standard InChI is InChI=1S/C10H17N5/c1-7-6-9(14-10(13-7)15-11)12-5-4-8-2-3-8/h6,8H,2-5,11H2,1H3,(H2,12,13,14,15). The summed E-state index contributed by atoms with van der Waals surface area (Å²) in [4.78, 5) is 8.33. The number of nitrogens with zero attached hydrogens (tertiary/aromatic N) is 2. The van der Waals surface area contributed by atoms with Crippen LogP contribution in [-0.2, 0) is 0 Å². The SMILES string of the molecule is Cc1cc(NCCC2CC2)nc(NN)n1. The van der Waals surface area contributed by atoms with Crippen molar-refractivity contribution < 1.29 is 0 Å². The molecule has 1 aromatic heterocycles. The molecule has 0 amide bonds. The Bertz CT molecular complexity index is 335. The van der Waals surface area contributed by atoms with Gasteiger partial charge in [0.05, 0.1) is 0 Å². The van der Waals surface area contributed by atoms with Crippen LogP contribution in [0.2, 0.25) is 0 Å². The smallest absolute Gasteiger partial charge is 0.239 e. The van der Waals surface area contributed by atoms with E-state index in [-0.39, 0.29) is 0 Å². The van der Waals surface area contributed by atoms with E-state index in [1.165, 1.54) is 19.3 Å². The lowest BCUT2D eigenvalue weighted by molar-refractivity contribution is 0.758. The van der Waals surface area contributed by atoms with E-state index in [4.69, 9.17) is 5.84 Å². The van der Waals surface area contributed by atoms with E-state index < -0.39 is 0 Å². The number of aryl methyl sites for hydroxylation is 1. The second-order valence-electron chi connectivity index (χ2n) is 4.02. The zero-order chi connectivity index (χ0) is 10.7. The van der Waals surface area contributed by atoms with Crippen molar-refractivity contribution in [2.24, 2.45) is 11.8 Å². The number of anilines is 2. The van der Waals surface area contributed by atoms with Crippen molar-refractivity contribution >= 4 is 11.8 Å². The molecule has 15 heavy (non-hydrogen) atoms. The third-order valence-electron chi connectivity index (χ3n) is 2.54. The Balaban J connectivity index is 1.90. The number of hydrogen-bond acceptors (Lipinski definition) is 5. The van der Waals surface area contributed by atoms with Gasteiger partial charge in [0.1, 0.15) is 5.82 Å². The number of nitrogen functional groups attached to an aromatic ring is 1. The van der Waals surface area contributed by atoms with Crippen LogP contribution in [0.5, 0.6) is 0 Å². The highest BCUT2D eigenvalue weighted by molar-refractivity contribution is 5.41. The van der Waals surface area contributed by atoms with Crippen LogP contribution < -0.4 is 16.6 Å². The van der Waals surface area contributed by atoms with E-state index in [1.54, 1.807) is 0 Å². The lowest BCUT2D eigenvalue weighted by Crippen LogP contribution is -2.13. The monoisotopic (exact) mass is 207 g/mol. The van der Waals surface area contributed by atoms with Crippen molar-refractivity contribution in [3.05, 3.63) is 11.8 Å². The summed E-state index contributed by atoms with van der Waals surface area (Å²) in [6.07, 6.45) is 4.01. The van der Waals surface area contributed by atoms with Crippen molar-refractivity contribution in [3.63, 3.8) is 0 Å². The van der Waals surface area contributed by atoms with Gasteiger partial charge in [0.15, 0.2) is 0 Å². The Kier molecular flexibility index (Phi) is 3.01. The van der Waals surface area contributed by atoms with Crippen molar-refractivity contribution in [1.82, 2.24) is 9.97 Å². The van der Waals surface area contributed by atoms with Gasteiger partial charge in [-0.3, -0.25) is 5.43 Å². The number of nitrogens with two attached hydrogens (primary N) is 1. The van der Waals surface area contributed by atoms with Crippen LogP contribution in [0.1, 0.15) is 25.0 Å². The number of nitrogens with one attached hydrogen (secondary N) is 2. The molecule has 1 saturated carbocycles. The van der Waals surface area contributed by atoms with E-state index in [9.17, 15) is 0 Å². The van der Waals surface area contributed by atoms with Gasteiger partial charge >= 0.3 is 0 Å². The van der Waals surface area contributed by atoms with Crippen LogP contribution in [0, 0.1) is 12.8 Å². The quantitative estimate of drug-likeness (QED) is 0.501. The molecular formula is C10H17N5. The van der Waals surface area contributed by atoms with E-state index in [1.807, 2.05) is 13.0 Å².